The van der Waals surface area contributed by atoms with E-state index in [9.17, 15) is 4.79 Å². The molecular formula is C17H18ClNO2S. The van der Waals surface area contributed by atoms with Crippen molar-refractivity contribution in [2.75, 3.05) is 12.4 Å². The topological polar surface area (TPSA) is 38.3 Å². The van der Waals surface area contributed by atoms with Crippen LogP contribution in [-0.4, -0.2) is 18.3 Å². The van der Waals surface area contributed by atoms with Gasteiger partial charge in [-0.25, -0.2) is 0 Å². The van der Waals surface area contributed by atoms with E-state index in [4.69, 9.17) is 16.3 Å². The van der Waals surface area contributed by atoms with Crippen molar-refractivity contribution in [1.29, 1.82) is 0 Å². The number of hydrogen-bond acceptors (Lipinski definition) is 3. The van der Waals surface area contributed by atoms with Gasteiger partial charge in [0, 0.05) is 9.92 Å². The third-order valence-corrected chi connectivity index (χ3v) is 4.47. The highest BCUT2D eigenvalue weighted by molar-refractivity contribution is 8.00. The largest absolute Gasteiger partial charge is 0.495 e. The number of halogens is 1. The number of thioether (sulfide) groups is 1. The van der Waals surface area contributed by atoms with Crippen LogP contribution in [0.5, 0.6) is 5.75 Å². The Balaban J connectivity index is 2.05. The first-order valence-corrected chi connectivity index (χ1v) is 8.13. The number of hydrogen-bond donors (Lipinski definition) is 1. The smallest absolute Gasteiger partial charge is 0.237 e. The molecule has 2 aromatic rings. The zero-order chi connectivity index (χ0) is 16.1. The molecule has 2 rings (SSSR count). The summed E-state index contributed by atoms with van der Waals surface area (Å²) in [5.41, 5.74) is 1.75. The molecule has 0 saturated carbocycles. The number of rotatable bonds is 5. The van der Waals surface area contributed by atoms with E-state index in [1.165, 1.54) is 11.8 Å². The van der Waals surface area contributed by atoms with Crippen molar-refractivity contribution < 1.29 is 9.53 Å². The molecule has 22 heavy (non-hydrogen) atoms. The molecule has 1 N–H and O–H groups in total. The molecule has 0 aliphatic carbocycles. The monoisotopic (exact) mass is 335 g/mol. The van der Waals surface area contributed by atoms with Crippen LogP contribution in [0.25, 0.3) is 0 Å². The van der Waals surface area contributed by atoms with Crippen LogP contribution in [0.2, 0.25) is 5.02 Å². The lowest BCUT2D eigenvalue weighted by atomic mass is 10.2. The van der Waals surface area contributed by atoms with E-state index in [1.807, 2.05) is 56.3 Å². The van der Waals surface area contributed by atoms with Crippen LogP contribution in [0.15, 0.2) is 47.4 Å². The van der Waals surface area contributed by atoms with Gasteiger partial charge in [-0.05, 0) is 55.8 Å². The second-order valence-electron chi connectivity index (χ2n) is 4.91. The van der Waals surface area contributed by atoms with E-state index >= 15 is 0 Å². The number of aryl methyl sites for hydroxylation is 1. The molecule has 0 fully saturated rings. The summed E-state index contributed by atoms with van der Waals surface area (Å²) in [6, 6.07) is 13.1. The Bertz CT molecular complexity index is 658. The minimum atomic E-state index is -0.230. The summed E-state index contributed by atoms with van der Waals surface area (Å²) < 4.78 is 5.28. The Morgan fingerprint density at radius 3 is 2.55 bits per heavy atom. The van der Waals surface area contributed by atoms with Crippen molar-refractivity contribution in [2.24, 2.45) is 0 Å². The maximum absolute atomic E-state index is 12.3. The molecule has 0 spiro atoms. The van der Waals surface area contributed by atoms with E-state index in [-0.39, 0.29) is 11.2 Å². The molecule has 0 bridgehead atoms. The Kier molecular flexibility index (Phi) is 5.75. The van der Waals surface area contributed by atoms with Gasteiger partial charge in [0.15, 0.2) is 0 Å². The van der Waals surface area contributed by atoms with Crippen molar-refractivity contribution in [1.82, 2.24) is 0 Å². The Morgan fingerprint density at radius 1 is 1.23 bits per heavy atom. The number of carbonyl (C=O) groups excluding carboxylic acids is 1. The lowest BCUT2D eigenvalue weighted by molar-refractivity contribution is -0.115. The number of carbonyl (C=O) groups is 1. The lowest BCUT2D eigenvalue weighted by Crippen LogP contribution is -2.22. The maximum atomic E-state index is 12.3. The normalized spacial score (nSPS) is 11.8. The van der Waals surface area contributed by atoms with E-state index < -0.39 is 0 Å². The first-order valence-electron chi connectivity index (χ1n) is 6.87. The molecule has 1 atom stereocenters. The third-order valence-electron chi connectivity index (χ3n) is 3.11. The summed E-state index contributed by atoms with van der Waals surface area (Å²) >= 11 is 7.35. The zero-order valence-electron chi connectivity index (χ0n) is 12.7. The maximum Gasteiger partial charge on any atom is 0.237 e. The number of nitrogens with one attached hydrogen (secondary N) is 1. The van der Waals surface area contributed by atoms with Gasteiger partial charge in [-0.1, -0.05) is 17.7 Å². The summed E-state index contributed by atoms with van der Waals surface area (Å²) in [4.78, 5) is 13.4. The van der Waals surface area contributed by atoms with E-state index in [1.54, 1.807) is 7.11 Å². The molecular weight excluding hydrogens is 318 g/mol. The molecule has 1 amide bonds. The van der Waals surface area contributed by atoms with Gasteiger partial charge in [0.1, 0.15) is 5.75 Å². The lowest BCUT2D eigenvalue weighted by Gasteiger charge is -2.14. The minimum absolute atomic E-state index is 0.0659. The third kappa shape index (κ3) is 4.42. The molecule has 0 unspecified atom stereocenters. The van der Waals surface area contributed by atoms with E-state index in [0.29, 0.717) is 16.5 Å². The molecule has 0 radical (unpaired) electrons. The predicted molar refractivity (Wildman–Crippen MR) is 93.1 cm³/mol. The van der Waals surface area contributed by atoms with Crippen LogP contribution >= 0.6 is 23.4 Å². The van der Waals surface area contributed by atoms with E-state index in [0.717, 1.165) is 10.5 Å². The average molecular weight is 336 g/mol. The van der Waals surface area contributed by atoms with Crippen molar-refractivity contribution in [3.63, 3.8) is 0 Å². The summed E-state index contributed by atoms with van der Waals surface area (Å²) in [7, 11) is 1.59. The fraction of sp³-hybridized carbons (Fsp3) is 0.235. The first-order chi connectivity index (χ1) is 10.5. The quantitative estimate of drug-likeness (QED) is 0.799. The second-order valence-corrected chi connectivity index (χ2v) is 6.76. The van der Waals surface area contributed by atoms with E-state index in [2.05, 4.69) is 5.32 Å². The fourth-order valence-electron chi connectivity index (χ4n) is 1.92. The highest BCUT2D eigenvalue weighted by Crippen LogP contribution is 2.28. The van der Waals surface area contributed by atoms with Crippen molar-refractivity contribution in [2.45, 2.75) is 24.0 Å². The minimum Gasteiger partial charge on any atom is -0.495 e. The summed E-state index contributed by atoms with van der Waals surface area (Å²) in [5, 5.41) is 3.38. The average Bonchev–Trinajstić information content (AvgIpc) is 2.49. The molecule has 0 aromatic heterocycles. The Labute approximate surface area is 140 Å². The predicted octanol–water partition coefficient (Wildman–Crippen LogP) is 4.78. The van der Waals surface area contributed by atoms with Crippen LogP contribution in [0.4, 0.5) is 5.69 Å². The number of anilines is 1. The number of benzene rings is 2. The van der Waals surface area contributed by atoms with Gasteiger partial charge >= 0.3 is 0 Å². The summed E-state index contributed by atoms with van der Waals surface area (Å²) in [6.45, 7) is 3.85. The van der Waals surface area contributed by atoms with Gasteiger partial charge in [0.25, 0.3) is 0 Å². The van der Waals surface area contributed by atoms with Gasteiger partial charge < -0.3 is 10.1 Å². The van der Waals surface area contributed by atoms with Crippen LogP contribution in [0, 0.1) is 6.92 Å². The number of ether oxygens (including phenoxy) is 1. The second kappa shape index (κ2) is 7.56. The van der Waals surface area contributed by atoms with Gasteiger partial charge in [-0.15, -0.1) is 11.8 Å². The number of methoxy groups -OCH3 is 1. The molecule has 0 aliphatic rings. The summed E-state index contributed by atoms with van der Waals surface area (Å²) in [6.07, 6.45) is 0. The molecule has 5 heteroatoms. The van der Waals surface area contributed by atoms with Gasteiger partial charge in [-0.3, -0.25) is 4.79 Å². The molecule has 2 aromatic carbocycles. The highest BCUT2D eigenvalue weighted by Gasteiger charge is 2.16. The van der Waals surface area contributed by atoms with Crippen LogP contribution in [0.3, 0.4) is 0 Å². The molecule has 116 valence electrons. The number of amides is 1. The molecule has 0 saturated heterocycles. The van der Waals surface area contributed by atoms with Crippen molar-refractivity contribution in [3.8, 4) is 5.75 Å². The molecule has 3 nitrogen and oxygen atoms in total. The van der Waals surface area contributed by atoms with Gasteiger partial charge in [0.05, 0.1) is 18.0 Å². The Hall–Kier alpha value is -1.65. The van der Waals surface area contributed by atoms with Crippen molar-refractivity contribution in [3.05, 3.63) is 53.1 Å². The first kappa shape index (κ1) is 16.7. The molecule has 0 heterocycles. The highest BCUT2D eigenvalue weighted by atomic mass is 35.5. The Morgan fingerprint density at radius 2 is 1.91 bits per heavy atom. The zero-order valence-corrected chi connectivity index (χ0v) is 14.3. The van der Waals surface area contributed by atoms with Gasteiger partial charge in [-0.2, -0.15) is 0 Å². The summed E-state index contributed by atoms with van der Waals surface area (Å²) in [5.74, 6) is 0.589. The fourth-order valence-corrected chi connectivity index (χ4v) is 2.92. The van der Waals surface area contributed by atoms with Crippen LogP contribution in [0.1, 0.15) is 12.5 Å². The van der Waals surface area contributed by atoms with Crippen LogP contribution in [-0.2, 0) is 4.79 Å². The van der Waals surface area contributed by atoms with Crippen molar-refractivity contribution >= 4 is 35.0 Å². The van der Waals surface area contributed by atoms with Gasteiger partial charge in [0.2, 0.25) is 5.91 Å². The molecule has 0 aliphatic heterocycles. The standard InChI is InChI=1S/C17H18ClNO2S/c1-11-4-9-16(21-3)15(10-11)19-17(20)12(2)22-14-7-5-13(18)6-8-14/h4-10,12H,1-3H3,(H,19,20)/t12-/m0/s1. The van der Waals surface area contributed by atoms with Crippen LogP contribution < -0.4 is 10.1 Å². The SMILES string of the molecule is COc1ccc(C)cc1NC(=O)[C@H](C)Sc1ccc(Cl)cc1.